The highest BCUT2D eigenvalue weighted by molar-refractivity contribution is 9.10. The van der Waals surface area contributed by atoms with Crippen LogP contribution in [0.15, 0.2) is 21.4 Å². The largest absolute Gasteiger partial charge is 0.481 e. The lowest BCUT2D eigenvalue weighted by Gasteiger charge is -2.02. The number of halogens is 1. The number of Topliss-reactive ketones (excluding diaryl/α,β-unsaturated/α-hetero) is 1. The Bertz CT molecular complexity index is 686. The van der Waals surface area contributed by atoms with Gasteiger partial charge in [-0.1, -0.05) is 0 Å². The minimum absolute atomic E-state index is 0.0753. The molecule has 0 saturated carbocycles. The third-order valence-electron chi connectivity index (χ3n) is 2.47. The van der Waals surface area contributed by atoms with Gasteiger partial charge in [0.15, 0.2) is 5.78 Å². The van der Waals surface area contributed by atoms with E-state index in [1.807, 2.05) is 0 Å². The van der Waals surface area contributed by atoms with Gasteiger partial charge in [-0.05, 0) is 28.1 Å². The van der Waals surface area contributed by atoms with Gasteiger partial charge in [0, 0.05) is 16.5 Å². The fourth-order valence-electron chi connectivity index (χ4n) is 1.62. The summed E-state index contributed by atoms with van der Waals surface area (Å²) in [4.78, 5) is 38.5. The maximum atomic E-state index is 11.8. The molecule has 0 unspecified atom stereocenters. The van der Waals surface area contributed by atoms with Gasteiger partial charge in [0.25, 0.3) is 0 Å². The molecule has 0 aliphatic carbocycles. The molecule has 0 saturated heterocycles. The zero-order chi connectivity index (χ0) is 13.3. The lowest BCUT2D eigenvalue weighted by molar-refractivity contribution is -0.136. The summed E-state index contributed by atoms with van der Waals surface area (Å²) in [7, 11) is 0. The number of carboxylic acids is 1. The van der Waals surface area contributed by atoms with Gasteiger partial charge in [0.2, 0.25) is 0 Å². The van der Waals surface area contributed by atoms with Crippen LogP contribution in [0.3, 0.4) is 0 Å². The number of rotatable bonds is 4. The Kier molecular flexibility index (Phi) is 3.33. The first-order valence-electron chi connectivity index (χ1n) is 5.14. The Morgan fingerprint density at radius 1 is 1.17 bits per heavy atom. The number of H-pyrrole nitrogens is 2. The molecule has 3 N–H and O–H groups in total. The summed E-state index contributed by atoms with van der Waals surface area (Å²) in [5.41, 5.74) is 1.11. The second-order valence-electron chi connectivity index (χ2n) is 3.77. The predicted octanol–water partition coefficient (Wildman–Crippen LogP) is 1.67. The average molecular weight is 313 g/mol. The van der Waals surface area contributed by atoms with E-state index in [4.69, 9.17) is 5.11 Å². The lowest BCUT2D eigenvalue weighted by Crippen LogP contribution is -2.04. The van der Waals surface area contributed by atoms with Crippen LogP contribution in [0.2, 0.25) is 0 Å². The van der Waals surface area contributed by atoms with Crippen molar-refractivity contribution in [1.29, 1.82) is 0 Å². The molecule has 0 aliphatic heterocycles. The predicted molar refractivity (Wildman–Crippen MR) is 67.8 cm³/mol. The van der Waals surface area contributed by atoms with E-state index in [-0.39, 0.29) is 24.3 Å². The van der Waals surface area contributed by atoms with Crippen molar-refractivity contribution < 1.29 is 14.7 Å². The topological polar surface area (TPSA) is 103 Å². The quantitative estimate of drug-likeness (QED) is 0.747. The fraction of sp³-hybridized carbons (Fsp3) is 0.182. The Balaban J connectivity index is 2.37. The first-order valence-corrected chi connectivity index (χ1v) is 5.93. The number of nitrogens with one attached hydrogen (secondary N) is 2. The third kappa shape index (κ3) is 2.51. The van der Waals surface area contributed by atoms with Crippen molar-refractivity contribution in [3.8, 4) is 0 Å². The van der Waals surface area contributed by atoms with Gasteiger partial charge >= 0.3 is 11.7 Å². The van der Waals surface area contributed by atoms with E-state index < -0.39 is 5.97 Å². The summed E-state index contributed by atoms with van der Waals surface area (Å²) in [5, 5.41) is 8.54. The molecule has 0 radical (unpaired) electrons. The standard InChI is InChI=1S/C11H9BrN2O4/c12-6-4-8-7(13-11(18)14-8)3-5(6)9(15)1-2-10(16)17/h3-4H,1-2H2,(H,16,17)(H2,13,14,18). The molecule has 0 spiro atoms. The SMILES string of the molecule is O=C(O)CCC(=O)c1cc2[nH]c(=O)[nH]c2cc1Br. The first-order chi connectivity index (χ1) is 8.47. The molecule has 18 heavy (non-hydrogen) atoms. The van der Waals surface area contributed by atoms with Gasteiger partial charge in [-0.2, -0.15) is 0 Å². The molecule has 1 aromatic carbocycles. The number of carbonyl (C=O) groups excluding carboxylic acids is 1. The minimum atomic E-state index is -1.02. The smallest absolute Gasteiger partial charge is 0.323 e. The monoisotopic (exact) mass is 312 g/mol. The van der Waals surface area contributed by atoms with Crippen molar-refractivity contribution >= 4 is 38.7 Å². The normalized spacial score (nSPS) is 10.7. The van der Waals surface area contributed by atoms with E-state index in [0.717, 1.165) is 0 Å². The van der Waals surface area contributed by atoms with E-state index in [0.29, 0.717) is 21.1 Å². The number of carbonyl (C=O) groups is 2. The van der Waals surface area contributed by atoms with Crippen LogP contribution < -0.4 is 5.69 Å². The van der Waals surface area contributed by atoms with Crippen LogP contribution in [-0.4, -0.2) is 26.8 Å². The molecule has 0 aliphatic rings. The molecule has 1 heterocycles. The van der Waals surface area contributed by atoms with Gasteiger partial charge in [0.05, 0.1) is 17.5 Å². The molecule has 0 fully saturated rings. The van der Waals surface area contributed by atoms with E-state index in [1.54, 1.807) is 6.07 Å². The highest BCUT2D eigenvalue weighted by Crippen LogP contribution is 2.23. The number of aromatic nitrogens is 2. The first kappa shape index (κ1) is 12.6. The minimum Gasteiger partial charge on any atom is -0.481 e. The number of aromatic amines is 2. The van der Waals surface area contributed by atoms with Crippen molar-refractivity contribution in [1.82, 2.24) is 9.97 Å². The van der Waals surface area contributed by atoms with Crippen molar-refractivity contribution in [3.63, 3.8) is 0 Å². The maximum absolute atomic E-state index is 11.8. The van der Waals surface area contributed by atoms with E-state index >= 15 is 0 Å². The number of hydrogen-bond acceptors (Lipinski definition) is 3. The summed E-state index contributed by atoms with van der Waals surface area (Å²) in [5.74, 6) is -1.30. The number of fused-ring (bicyclic) bond motifs is 1. The average Bonchev–Trinajstić information content (AvgIpc) is 2.64. The van der Waals surface area contributed by atoms with Gasteiger partial charge in [-0.25, -0.2) is 4.79 Å². The maximum Gasteiger partial charge on any atom is 0.323 e. The van der Waals surface area contributed by atoms with Crippen LogP contribution in [-0.2, 0) is 4.79 Å². The van der Waals surface area contributed by atoms with Crippen molar-refractivity contribution in [2.24, 2.45) is 0 Å². The Hall–Kier alpha value is -1.89. The summed E-state index contributed by atoms with van der Waals surface area (Å²) in [6, 6.07) is 3.14. The van der Waals surface area contributed by atoms with Crippen molar-refractivity contribution in [2.45, 2.75) is 12.8 Å². The summed E-state index contributed by atoms with van der Waals surface area (Å²) in [6.45, 7) is 0. The molecular formula is C11H9BrN2O4. The Morgan fingerprint density at radius 2 is 1.78 bits per heavy atom. The summed E-state index contributed by atoms with van der Waals surface area (Å²) < 4.78 is 0.528. The van der Waals surface area contributed by atoms with E-state index in [1.165, 1.54) is 6.07 Å². The molecule has 94 valence electrons. The Morgan fingerprint density at radius 3 is 2.39 bits per heavy atom. The molecule has 0 atom stereocenters. The number of carboxylic acid groups (broad SMARTS) is 1. The number of imidazole rings is 1. The van der Waals surface area contributed by atoms with Crippen molar-refractivity contribution in [3.05, 3.63) is 32.7 Å². The molecule has 1 aromatic heterocycles. The molecule has 0 amide bonds. The second-order valence-corrected chi connectivity index (χ2v) is 4.63. The number of aliphatic carboxylic acids is 1. The van der Waals surface area contributed by atoms with E-state index in [2.05, 4.69) is 25.9 Å². The molecule has 2 rings (SSSR count). The van der Waals surface area contributed by atoms with Crippen LogP contribution in [0.4, 0.5) is 0 Å². The molecule has 0 bridgehead atoms. The van der Waals surface area contributed by atoms with Crippen LogP contribution >= 0.6 is 15.9 Å². The molecule has 7 heteroatoms. The van der Waals surface area contributed by atoms with Crippen molar-refractivity contribution in [2.75, 3.05) is 0 Å². The summed E-state index contributed by atoms with van der Waals surface area (Å²) >= 11 is 3.23. The van der Waals surface area contributed by atoms with Gasteiger partial charge < -0.3 is 15.1 Å². The molecule has 6 nitrogen and oxygen atoms in total. The Labute approximate surface area is 109 Å². The van der Waals surface area contributed by atoms with Gasteiger partial charge in [-0.3, -0.25) is 9.59 Å². The van der Waals surface area contributed by atoms with Crippen LogP contribution in [0.5, 0.6) is 0 Å². The molecule has 2 aromatic rings. The second kappa shape index (κ2) is 4.77. The van der Waals surface area contributed by atoms with Gasteiger partial charge in [0.1, 0.15) is 0 Å². The number of benzene rings is 1. The highest BCUT2D eigenvalue weighted by Gasteiger charge is 2.14. The zero-order valence-electron chi connectivity index (χ0n) is 9.12. The third-order valence-corrected chi connectivity index (χ3v) is 3.13. The van der Waals surface area contributed by atoms with Crippen LogP contribution in [0, 0.1) is 0 Å². The fourth-order valence-corrected chi connectivity index (χ4v) is 2.19. The van der Waals surface area contributed by atoms with Gasteiger partial charge in [-0.15, -0.1) is 0 Å². The zero-order valence-corrected chi connectivity index (χ0v) is 10.7. The van der Waals surface area contributed by atoms with E-state index in [9.17, 15) is 14.4 Å². The number of hydrogen-bond donors (Lipinski definition) is 3. The van der Waals surface area contributed by atoms with Crippen LogP contribution in [0.1, 0.15) is 23.2 Å². The lowest BCUT2D eigenvalue weighted by atomic mass is 10.1. The number of ketones is 1. The summed E-state index contributed by atoms with van der Waals surface area (Å²) in [6.07, 6.45) is -0.291. The van der Waals surface area contributed by atoms with Crippen LogP contribution in [0.25, 0.3) is 11.0 Å². The molecular weight excluding hydrogens is 304 g/mol. The highest BCUT2D eigenvalue weighted by atomic mass is 79.9.